The number of benzene rings is 2. The summed E-state index contributed by atoms with van der Waals surface area (Å²) in [5.74, 6) is 13.2. The van der Waals surface area contributed by atoms with Crippen LogP contribution in [0.3, 0.4) is 0 Å². The highest BCUT2D eigenvalue weighted by atomic mass is 32.1. The normalized spacial score (nSPS) is 9.69. The molecule has 26 heavy (non-hydrogen) atoms. The summed E-state index contributed by atoms with van der Waals surface area (Å²) in [4.78, 5) is 2.16. The molecule has 0 aliphatic rings. The largest absolute Gasteiger partial charge is 0.135 e. The molecular formula is C24H14S2. The Bertz CT molecular complexity index is 1030. The molecule has 2 heterocycles. The van der Waals surface area contributed by atoms with Crippen LogP contribution in [0.15, 0.2) is 83.6 Å². The molecule has 0 radical (unpaired) electrons. The van der Waals surface area contributed by atoms with E-state index < -0.39 is 0 Å². The Morgan fingerprint density at radius 1 is 0.462 bits per heavy atom. The summed E-state index contributed by atoms with van der Waals surface area (Å²) in [5.41, 5.74) is 4.39. The van der Waals surface area contributed by atoms with Crippen molar-refractivity contribution in [2.24, 2.45) is 0 Å². The van der Waals surface area contributed by atoms with Crippen LogP contribution in [0.2, 0.25) is 0 Å². The van der Waals surface area contributed by atoms with Gasteiger partial charge in [0.2, 0.25) is 0 Å². The first kappa shape index (κ1) is 16.4. The van der Waals surface area contributed by atoms with E-state index in [2.05, 4.69) is 46.6 Å². The maximum Gasteiger partial charge on any atom is 0.0851 e. The van der Waals surface area contributed by atoms with E-state index in [-0.39, 0.29) is 0 Å². The first-order chi connectivity index (χ1) is 12.9. The Morgan fingerprint density at radius 3 is 1.31 bits per heavy atom. The lowest BCUT2D eigenvalue weighted by atomic mass is 10.1. The van der Waals surface area contributed by atoms with E-state index in [1.807, 2.05) is 60.7 Å². The lowest BCUT2D eigenvalue weighted by Crippen LogP contribution is -1.79. The van der Waals surface area contributed by atoms with E-state index in [1.54, 1.807) is 22.7 Å². The van der Waals surface area contributed by atoms with Gasteiger partial charge in [0.25, 0.3) is 0 Å². The fourth-order valence-corrected chi connectivity index (χ4v) is 4.05. The second-order valence-corrected chi connectivity index (χ2v) is 7.39. The number of thiophene rings is 2. The molecule has 0 unspecified atom stereocenters. The number of hydrogen-bond donors (Lipinski definition) is 0. The van der Waals surface area contributed by atoms with Gasteiger partial charge in [-0.05, 0) is 47.2 Å². The third-order valence-corrected chi connectivity index (χ3v) is 5.47. The van der Waals surface area contributed by atoms with Gasteiger partial charge < -0.3 is 0 Å². The predicted molar refractivity (Wildman–Crippen MR) is 112 cm³/mol. The molecule has 0 saturated carbocycles. The molecule has 2 heteroatoms. The van der Waals surface area contributed by atoms with Crippen LogP contribution in [0.5, 0.6) is 0 Å². The monoisotopic (exact) mass is 366 g/mol. The summed E-state index contributed by atoms with van der Waals surface area (Å²) in [6.07, 6.45) is 0. The van der Waals surface area contributed by atoms with Gasteiger partial charge in [0.15, 0.2) is 0 Å². The number of hydrogen-bond acceptors (Lipinski definition) is 2. The van der Waals surface area contributed by atoms with E-state index >= 15 is 0 Å². The minimum atomic E-state index is 1.03. The zero-order valence-corrected chi connectivity index (χ0v) is 15.5. The van der Waals surface area contributed by atoms with Gasteiger partial charge in [-0.2, -0.15) is 0 Å². The fourth-order valence-electron chi connectivity index (χ4n) is 2.54. The summed E-state index contributed by atoms with van der Waals surface area (Å²) in [5, 5.41) is 4.19. The Balaban J connectivity index is 1.67. The van der Waals surface area contributed by atoms with E-state index in [4.69, 9.17) is 0 Å². The van der Waals surface area contributed by atoms with Gasteiger partial charge in [0, 0.05) is 22.3 Å². The van der Waals surface area contributed by atoms with E-state index in [9.17, 15) is 0 Å². The Labute approximate surface area is 161 Å². The summed E-state index contributed by atoms with van der Waals surface area (Å²) in [6, 6.07) is 24.4. The van der Waals surface area contributed by atoms with Crippen molar-refractivity contribution in [3.8, 4) is 34.8 Å². The van der Waals surface area contributed by atoms with Crippen LogP contribution < -0.4 is 0 Å². The van der Waals surface area contributed by atoms with Crippen molar-refractivity contribution >= 4 is 22.7 Å². The second kappa shape index (κ2) is 7.89. The average molecular weight is 367 g/mol. The van der Waals surface area contributed by atoms with Gasteiger partial charge in [0.1, 0.15) is 0 Å². The van der Waals surface area contributed by atoms with E-state index in [1.165, 1.54) is 0 Å². The summed E-state index contributed by atoms with van der Waals surface area (Å²) in [6.45, 7) is 0. The molecule has 0 aliphatic carbocycles. The van der Waals surface area contributed by atoms with Gasteiger partial charge in [-0.15, -0.1) is 22.7 Å². The standard InChI is InChI=1S/C24H14S2/c1-3-7-19(8-4-1)11-13-23-21(15-17-25-23)22-16-18-26-24(22)14-12-20-9-5-2-6-10-20/h1-10,15-18H. The van der Waals surface area contributed by atoms with Crippen LogP contribution in [0, 0.1) is 23.7 Å². The maximum absolute atomic E-state index is 3.32. The van der Waals surface area contributed by atoms with Gasteiger partial charge in [-0.3, -0.25) is 0 Å². The molecule has 4 aromatic rings. The molecule has 0 atom stereocenters. The Hall–Kier alpha value is -3.04. The van der Waals surface area contributed by atoms with Crippen LogP contribution in [0.4, 0.5) is 0 Å². The summed E-state index contributed by atoms with van der Waals surface area (Å²) < 4.78 is 0. The highest BCUT2D eigenvalue weighted by Crippen LogP contribution is 2.33. The molecule has 0 fully saturated rings. The van der Waals surface area contributed by atoms with Crippen molar-refractivity contribution in [3.05, 3.63) is 104 Å². The van der Waals surface area contributed by atoms with E-state index in [0.29, 0.717) is 0 Å². The molecule has 2 aromatic heterocycles. The molecule has 122 valence electrons. The zero-order chi connectivity index (χ0) is 17.6. The molecule has 0 bridgehead atoms. The molecule has 0 aliphatic heterocycles. The van der Waals surface area contributed by atoms with Crippen molar-refractivity contribution in [2.45, 2.75) is 0 Å². The Kier molecular flexibility index (Phi) is 4.99. The topological polar surface area (TPSA) is 0 Å². The van der Waals surface area contributed by atoms with Crippen LogP contribution >= 0.6 is 22.7 Å². The highest BCUT2D eigenvalue weighted by Gasteiger charge is 2.10. The molecule has 0 nitrogen and oxygen atoms in total. The lowest BCUT2D eigenvalue weighted by Gasteiger charge is -1.97. The smallest absolute Gasteiger partial charge is 0.0851 e. The van der Waals surface area contributed by atoms with Gasteiger partial charge >= 0.3 is 0 Å². The lowest BCUT2D eigenvalue weighted by molar-refractivity contribution is 1.64. The van der Waals surface area contributed by atoms with Crippen LogP contribution in [-0.4, -0.2) is 0 Å². The molecule has 0 N–H and O–H groups in total. The summed E-state index contributed by atoms with van der Waals surface area (Å²) in [7, 11) is 0. The third kappa shape index (κ3) is 3.79. The fraction of sp³-hybridized carbons (Fsp3) is 0. The first-order valence-corrected chi connectivity index (χ1v) is 9.95. The highest BCUT2D eigenvalue weighted by molar-refractivity contribution is 7.12. The van der Waals surface area contributed by atoms with Crippen LogP contribution in [0.1, 0.15) is 20.9 Å². The number of rotatable bonds is 1. The minimum absolute atomic E-state index is 1.03. The quantitative estimate of drug-likeness (QED) is 0.348. The van der Waals surface area contributed by atoms with E-state index in [0.717, 1.165) is 32.0 Å². The molecule has 2 aromatic carbocycles. The maximum atomic E-state index is 3.32. The van der Waals surface area contributed by atoms with Crippen LogP contribution in [-0.2, 0) is 0 Å². The molecule has 0 amide bonds. The van der Waals surface area contributed by atoms with Gasteiger partial charge in [0.05, 0.1) is 9.75 Å². The van der Waals surface area contributed by atoms with Crippen molar-refractivity contribution < 1.29 is 0 Å². The molecule has 4 rings (SSSR count). The van der Waals surface area contributed by atoms with Gasteiger partial charge in [-0.1, -0.05) is 60.1 Å². The average Bonchev–Trinajstić information content (AvgIpc) is 3.35. The van der Waals surface area contributed by atoms with Crippen molar-refractivity contribution in [1.82, 2.24) is 0 Å². The predicted octanol–water partition coefficient (Wildman–Crippen LogP) is 6.28. The van der Waals surface area contributed by atoms with Crippen molar-refractivity contribution in [2.75, 3.05) is 0 Å². The summed E-state index contributed by atoms with van der Waals surface area (Å²) >= 11 is 3.35. The van der Waals surface area contributed by atoms with Crippen LogP contribution in [0.25, 0.3) is 11.1 Å². The molecular weight excluding hydrogens is 352 g/mol. The van der Waals surface area contributed by atoms with Crippen molar-refractivity contribution in [3.63, 3.8) is 0 Å². The third-order valence-electron chi connectivity index (χ3n) is 3.81. The minimum Gasteiger partial charge on any atom is -0.135 e. The molecule has 0 saturated heterocycles. The SMILES string of the molecule is C(#Cc1sccc1-c1ccsc1C#Cc1ccccc1)c1ccccc1. The zero-order valence-electron chi connectivity index (χ0n) is 13.9. The van der Waals surface area contributed by atoms with Gasteiger partial charge in [-0.25, -0.2) is 0 Å². The second-order valence-electron chi connectivity index (χ2n) is 5.56. The molecule has 0 spiro atoms. The Morgan fingerprint density at radius 2 is 0.885 bits per heavy atom. The van der Waals surface area contributed by atoms with Crippen molar-refractivity contribution in [1.29, 1.82) is 0 Å². The first-order valence-electron chi connectivity index (χ1n) is 8.20.